The van der Waals surface area contributed by atoms with Crippen LogP contribution in [0.25, 0.3) is 0 Å². The lowest BCUT2D eigenvalue weighted by atomic mass is 9.99. The summed E-state index contributed by atoms with van der Waals surface area (Å²) in [7, 11) is 0. The van der Waals surface area contributed by atoms with Crippen molar-refractivity contribution in [1.29, 1.82) is 0 Å². The zero-order chi connectivity index (χ0) is 14.4. The molecule has 0 radical (unpaired) electrons. The minimum Gasteiger partial charge on any atom is -0.504 e. The monoisotopic (exact) mass is 329 g/mol. The second-order valence-corrected chi connectivity index (χ2v) is 5.68. The maximum atomic E-state index is 11.9. The van der Waals surface area contributed by atoms with Crippen molar-refractivity contribution in [3.63, 3.8) is 0 Å². The predicted molar refractivity (Wildman–Crippen MR) is 78.9 cm³/mol. The summed E-state index contributed by atoms with van der Waals surface area (Å²) in [5, 5.41) is 21.4. The fourth-order valence-electron chi connectivity index (χ4n) is 1.92. The molecule has 0 bridgehead atoms. The van der Waals surface area contributed by atoms with Gasteiger partial charge in [0.05, 0.1) is 0 Å². The number of amides is 1. The molecule has 1 amide bonds. The molecule has 1 rings (SSSR count). The van der Waals surface area contributed by atoms with Crippen molar-refractivity contribution in [2.45, 2.75) is 31.5 Å². The number of carbonyl (C=O) groups excluding carboxylic acids is 1. The second-order valence-electron chi connectivity index (χ2n) is 4.51. The molecule has 0 aliphatic rings. The number of alkyl halides is 1. The highest BCUT2D eigenvalue weighted by molar-refractivity contribution is 9.09. The maximum Gasteiger partial charge on any atom is 0.251 e. The topological polar surface area (TPSA) is 69.6 Å². The van der Waals surface area contributed by atoms with Gasteiger partial charge in [0.1, 0.15) is 0 Å². The number of rotatable bonds is 6. The molecule has 1 aromatic carbocycles. The summed E-state index contributed by atoms with van der Waals surface area (Å²) in [5.41, 5.74) is 0.333. The van der Waals surface area contributed by atoms with Crippen molar-refractivity contribution in [1.82, 2.24) is 5.32 Å². The first-order valence-electron chi connectivity index (χ1n) is 6.43. The van der Waals surface area contributed by atoms with Gasteiger partial charge in [0, 0.05) is 16.9 Å². The van der Waals surface area contributed by atoms with E-state index in [2.05, 4.69) is 35.1 Å². The third-order valence-corrected chi connectivity index (χ3v) is 4.33. The Hall–Kier alpha value is -1.23. The molecule has 19 heavy (non-hydrogen) atoms. The van der Waals surface area contributed by atoms with E-state index in [1.807, 2.05) is 0 Å². The van der Waals surface area contributed by atoms with Gasteiger partial charge in [-0.1, -0.05) is 42.6 Å². The highest BCUT2D eigenvalue weighted by Gasteiger charge is 2.16. The fourth-order valence-corrected chi connectivity index (χ4v) is 2.83. The van der Waals surface area contributed by atoms with Gasteiger partial charge in [-0.25, -0.2) is 0 Å². The molecular weight excluding hydrogens is 310 g/mol. The molecule has 0 saturated heterocycles. The van der Waals surface area contributed by atoms with Crippen molar-refractivity contribution >= 4 is 21.8 Å². The number of hydrogen-bond donors (Lipinski definition) is 3. The number of halogens is 1. The van der Waals surface area contributed by atoms with Gasteiger partial charge in [-0.3, -0.25) is 4.79 Å². The minimum absolute atomic E-state index is 0.230. The zero-order valence-electron chi connectivity index (χ0n) is 11.2. The van der Waals surface area contributed by atoms with E-state index in [1.54, 1.807) is 0 Å². The Balaban J connectivity index is 2.58. The van der Waals surface area contributed by atoms with Crippen LogP contribution in [-0.4, -0.2) is 27.5 Å². The van der Waals surface area contributed by atoms with Crippen LogP contribution in [0.5, 0.6) is 11.5 Å². The largest absolute Gasteiger partial charge is 0.504 e. The van der Waals surface area contributed by atoms with E-state index in [0.717, 1.165) is 12.8 Å². The van der Waals surface area contributed by atoms with Gasteiger partial charge in [0.25, 0.3) is 5.91 Å². The van der Waals surface area contributed by atoms with Crippen molar-refractivity contribution < 1.29 is 15.0 Å². The highest BCUT2D eigenvalue weighted by atomic mass is 79.9. The number of phenols is 2. The Morgan fingerprint density at radius 3 is 2.42 bits per heavy atom. The molecule has 0 saturated carbocycles. The van der Waals surface area contributed by atoms with Gasteiger partial charge in [-0.05, 0) is 24.1 Å². The minimum atomic E-state index is -0.289. The SMILES string of the molecule is CCC(CC)C(Br)CNC(=O)c1ccc(O)c(O)c1. The van der Waals surface area contributed by atoms with Gasteiger partial charge < -0.3 is 15.5 Å². The molecule has 4 nitrogen and oxygen atoms in total. The number of hydrogen-bond acceptors (Lipinski definition) is 3. The van der Waals surface area contributed by atoms with Crippen molar-refractivity contribution in [2.24, 2.45) is 5.92 Å². The van der Waals surface area contributed by atoms with Crippen LogP contribution < -0.4 is 5.32 Å². The van der Waals surface area contributed by atoms with Gasteiger partial charge in [-0.15, -0.1) is 0 Å². The molecule has 3 N–H and O–H groups in total. The number of benzene rings is 1. The van der Waals surface area contributed by atoms with Gasteiger partial charge in [-0.2, -0.15) is 0 Å². The summed E-state index contributed by atoms with van der Waals surface area (Å²) >= 11 is 3.59. The third-order valence-electron chi connectivity index (χ3n) is 3.26. The Bertz CT molecular complexity index is 433. The van der Waals surface area contributed by atoms with Gasteiger partial charge in [0.15, 0.2) is 11.5 Å². The Morgan fingerprint density at radius 2 is 1.89 bits per heavy atom. The van der Waals surface area contributed by atoms with Crippen LogP contribution >= 0.6 is 15.9 Å². The Labute approximate surface area is 122 Å². The van der Waals surface area contributed by atoms with Crippen molar-refractivity contribution in [3.8, 4) is 11.5 Å². The Kier molecular flexibility index (Phi) is 6.15. The molecule has 0 aromatic heterocycles. The molecule has 1 unspecified atom stereocenters. The van der Waals surface area contributed by atoms with Crippen LogP contribution in [0, 0.1) is 5.92 Å². The van der Waals surface area contributed by atoms with E-state index in [-0.39, 0.29) is 22.2 Å². The van der Waals surface area contributed by atoms with Crippen LogP contribution in [0.2, 0.25) is 0 Å². The fraction of sp³-hybridized carbons (Fsp3) is 0.500. The van der Waals surface area contributed by atoms with E-state index in [0.29, 0.717) is 18.0 Å². The van der Waals surface area contributed by atoms with Crippen LogP contribution in [0.1, 0.15) is 37.0 Å². The molecule has 1 atom stereocenters. The number of aromatic hydroxyl groups is 2. The standard InChI is InChI=1S/C14H20BrNO3/c1-3-9(4-2)11(15)8-16-14(19)10-5-6-12(17)13(18)7-10/h5-7,9,11,17-18H,3-4,8H2,1-2H3,(H,16,19). The maximum absolute atomic E-state index is 11.9. The smallest absolute Gasteiger partial charge is 0.251 e. The van der Waals surface area contributed by atoms with E-state index < -0.39 is 0 Å². The van der Waals surface area contributed by atoms with Crippen LogP contribution in [0.15, 0.2) is 18.2 Å². The molecule has 0 fully saturated rings. The van der Waals surface area contributed by atoms with Crippen LogP contribution in [0.4, 0.5) is 0 Å². The lowest BCUT2D eigenvalue weighted by Gasteiger charge is -2.19. The van der Waals surface area contributed by atoms with Crippen molar-refractivity contribution in [3.05, 3.63) is 23.8 Å². The first kappa shape index (κ1) is 15.8. The van der Waals surface area contributed by atoms with E-state index in [1.165, 1.54) is 18.2 Å². The summed E-state index contributed by atoms with van der Waals surface area (Å²) in [6.07, 6.45) is 2.12. The first-order chi connectivity index (χ1) is 8.99. The molecule has 5 heteroatoms. The molecule has 0 aliphatic heterocycles. The lowest BCUT2D eigenvalue weighted by molar-refractivity contribution is 0.0951. The van der Waals surface area contributed by atoms with E-state index in [9.17, 15) is 15.0 Å². The average molecular weight is 330 g/mol. The van der Waals surface area contributed by atoms with Crippen LogP contribution in [-0.2, 0) is 0 Å². The Morgan fingerprint density at radius 1 is 1.26 bits per heavy atom. The highest BCUT2D eigenvalue weighted by Crippen LogP contribution is 2.25. The zero-order valence-corrected chi connectivity index (χ0v) is 12.8. The number of carbonyl (C=O) groups is 1. The van der Waals surface area contributed by atoms with Gasteiger partial charge in [0.2, 0.25) is 0 Å². The summed E-state index contributed by atoms with van der Waals surface area (Å²) in [5.74, 6) is -0.255. The van der Waals surface area contributed by atoms with Crippen LogP contribution in [0.3, 0.4) is 0 Å². The third kappa shape index (κ3) is 4.42. The quantitative estimate of drug-likeness (QED) is 0.555. The molecule has 0 aliphatic carbocycles. The molecular formula is C14H20BrNO3. The number of nitrogens with one attached hydrogen (secondary N) is 1. The molecule has 0 heterocycles. The predicted octanol–water partition coefficient (Wildman–Crippen LogP) is 3.03. The summed E-state index contributed by atoms with van der Waals surface area (Å²) < 4.78 is 0. The van der Waals surface area contributed by atoms with E-state index >= 15 is 0 Å². The molecule has 1 aromatic rings. The summed E-state index contributed by atoms with van der Waals surface area (Å²) in [6, 6.07) is 4.03. The van der Waals surface area contributed by atoms with E-state index in [4.69, 9.17) is 0 Å². The van der Waals surface area contributed by atoms with Crippen molar-refractivity contribution in [2.75, 3.05) is 6.54 Å². The second kappa shape index (κ2) is 7.38. The lowest BCUT2D eigenvalue weighted by Crippen LogP contribution is -2.32. The van der Waals surface area contributed by atoms with Gasteiger partial charge >= 0.3 is 0 Å². The first-order valence-corrected chi connectivity index (χ1v) is 7.35. The summed E-state index contributed by atoms with van der Waals surface area (Å²) in [4.78, 5) is 12.1. The average Bonchev–Trinajstić information content (AvgIpc) is 2.40. The summed E-state index contributed by atoms with van der Waals surface area (Å²) in [6.45, 7) is 4.79. The molecule has 0 spiro atoms. The number of phenolic OH excluding ortho intramolecular Hbond substituents is 2. The normalized spacial score (nSPS) is 12.4. The molecule has 106 valence electrons.